The van der Waals surface area contributed by atoms with Gasteiger partial charge in [0.05, 0.1) is 15.6 Å². The second-order valence-corrected chi connectivity index (χ2v) is 9.95. The number of sulfonamides is 1. The summed E-state index contributed by atoms with van der Waals surface area (Å²) >= 11 is 12.2. The summed E-state index contributed by atoms with van der Waals surface area (Å²) in [5.41, 5.74) is 2.23. The van der Waals surface area contributed by atoms with E-state index in [1.807, 2.05) is 24.3 Å². The van der Waals surface area contributed by atoms with Crippen LogP contribution in [0.4, 0.5) is 11.4 Å². The Morgan fingerprint density at radius 3 is 2.62 bits per heavy atom. The number of halogens is 2. The monoisotopic (exact) mass is 490 g/mol. The van der Waals surface area contributed by atoms with E-state index >= 15 is 0 Å². The standard InChI is InChI=1S/C23H20Cl2N2O4S/c24-17-7-3-8-18(13-17)26-23(28)15-31-22-11-10-19(14-20(22)25)32(29,30)27-12-4-6-16-5-1-2-9-21(16)27/h1-3,5,7-11,13-14H,4,6,12,15H2,(H,26,28). The highest BCUT2D eigenvalue weighted by Gasteiger charge is 2.29. The first kappa shape index (κ1) is 22.5. The maximum atomic E-state index is 13.3. The minimum Gasteiger partial charge on any atom is -0.482 e. The number of anilines is 2. The van der Waals surface area contributed by atoms with E-state index in [-0.39, 0.29) is 22.3 Å². The van der Waals surface area contributed by atoms with E-state index in [9.17, 15) is 13.2 Å². The molecule has 0 atom stereocenters. The van der Waals surface area contributed by atoms with Crippen molar-refractivity contribution in [1.82, 2.24) is 0 Å². The summed E-state index contributed by atoms with van der Waals surface area (Å²) in [5.74, 6) is -0.184. The Kier molecular flexibility index (Phi) is 6.60. The van der Waals surface area contributed by atoms with Gasteiger partial charge < -0.3 is 10.1 Å². The van der Waals surface area contributed by atoms with Gasteiger partial charge in [0.25, 0.3) is 15.9 Å². The van der Waals surface area contributed by atoms with E-state index < -0.39 is 15.9 Å². The molecule has 166 valence electrons. The summed E-state index contributed by atoms with van der Waals surface area (Å²) in [5, 5.41) is 3.27. The molecule has 0 spiro atoms. The van der Waals surface area contributed by atoms with Crippen LogP contribution in [0.3, 0.4) is 0 Å². The van der Waals surface area contributed by atoms with Crippen molar-refractivity contribution < 1.29 is 17.9 Å². The van der Waals surface area contributed by atoms with E-state index in [2.05, 4.69) is 5.32 Å². The third-order valence-electron chi connectivity index (χ3n) is 5.03. The molecule has 0 bridgehead atoms. The van der Waals surface area contributed by atoms with Crippen molar-refractivity contribution >= 4 is 50.5 Å². The van der Waals surface area contributed by atoms with Gasteiger partial charge in [0, 0.05) is 17.3 Å². The summed E-state index contributed by atoms with van der Waals surface area (Å²) < 4.78 is 33.4. The summed E-state index contributed by atoms with van der Waals surface area (Å²) in [6.07, 6.45) is 1.58. The van der Waals surface area contributed by atoms with Crippen LogP contribution < -0.4 is 14.4 Å². The number of nitrogens with zero attached hydrogens (tertiary/aromatic N) is 1. The van der Waals surface area contributed by atoms with Gasteiger partial charge in [0.15, 0.2) is 6.61 Å². The molecule has 0 saturated carbocycles. The molecular formula is C23H20Cl2N2O4S. The second kappa shape index (κ2) is 9.40. The van der Waals surface area contributed by atoms with Crippen molar-refractivity contribution in [3.8, 4) is 5.75 Å². The molecule has 4 rings (SSSR count). The van der Waals surface area contributed by atoms with E-state index in [1.54, 1.807) is 24.3 Å². The molecule has 3 aromatic rings. The van der Waals surface area contributed by atoms with Crippen molar-refractivity contribution in [1.29, 1.82) is 0 Å². The Morgan fingerprint density at radius 1 is 1.03 bits per heavy atom. The summed E-state index contributed by atoms with van der Waals surface area (Å²) in [6, 6.07) is 18.4. The number of hydrogen-bond acceptors (Lipinski definition) is 4. The van der Waals surface area contributed by atoms with Crippen molar-refractivity contribution in [3.05, 3.63) is 82.3 Å². The fourth-order valence-electron chi connectivity index (χ4n) is 3.54. The number of aryl methyl sites for hydroxylation is 1. The van der Waals surface area contributed by atoms with E-state index in [0.717, 1.165) is 18.4 Å². The number of carbonyl (C=O) groups excluding carboxylic acids is 1. The number of fused-ring (bicyclic) bond motifs is 1. The van der Waals surface area contributed by atoms with Crippen LogP contribution in [0.5, 0.6) is 5.75 Å². The van der Waals surface area contributed by atoms with Crippen LogP contribution in [0.1, 0.15) is 12.0 Å². The minimum atomic E-state index is -3.79. The number of ether oxygens (including phenoxy) is 1. The minimum absolute atomic E-state index is 0.0648. The molecule has 1 aliphatic rings. The molecule has 1 N–H and O–H groups in total. The van der Waals surface area contributed by atoms with Gasteiger partial charge in [0.2, 0.25) is 0 Å². The SMILES string of the molecule is O=C(COc1ccc(S(=O)(=O)N2CCCc3ccccc32)cc1Cl)Nc1cccc(Cl)c1. The lowest BCUT2D eigenvalue weighted by molar-refractivity contribution is -0.118. The fraction of sp³-hybridized carbons (Fsp3) is 0.174. The van der Waals surface area contributed by atoms with Crippen LogP contribution >= 0.6 is 23.2 Å². The fourth-order valence-corrected chi connectivity index (χ4v) is 5.60. The average Bonchev–Trinajstić information content (AvgIpc) is 2.77. The number of para-hydroxylation sites is 1. The molecule has 0 radical (unpaired) electrons. The lowest BCUT2D eigenvalue weighted by Gasteiger charge is -2.30. The van der Waals surface area contributed by atoms with Crippen molar-refractivity contribution in [2.24, 2.45) is 0 Å². The van der Waals surface area contributed by atoms with Crippen LogP contribution in [-0.2, 0) is 21.2 Å². The molecule has 0 fully saturated rings. The van der Waals surface area contributed by atoms with Gasteiger partial charge in [-0.05, 0) is 60.9 Å². The maximum absolute atomic E-state index is 13.3. The number of nitrogens with one attached hydrogen (secondary N) is 1. The Labute approximate surface area is 196 Å². The molecule has 1 heterocycles. The number of amides is 1. The zero-order chi connectivity index (χ0) is 22.7. The largest absolute Gasteiger partial charge is 0.482 e. The molecular weight excluding hydrogens is 471 g/mol. The highest BCUT2D eigenvalue weighted by atomic mass is 35.5. The quantitative estimate of drug-likeness (QED) is 0.518. The molecule has 1 aliphatic heterocycles. The molecule has 0 unspecified atom stereocenters. The second-order valence-electron chi connectivity index (χ2n) is 7.25. The molecule has 6 nitrogen and oxygen atoms in total. The first-order valence-corrected chi connectivity index (χ1v) is 12.1. The molecule has 0 aromatic heterocycles. The zero-order valence-electron chi connectivity index (χ0n) is 16.9. The average molecular weight is 491 g/mol. The summed E-state index contributed by atoms with van der Waals surface area (Å²) in [6.45, 7) is 0.108. The Balaban J connectivity index is 1.47. The Bertz CT molecular complexity index is 1260. The zero-order valence-corrected chi connectivity index (χ0v) is 19.3. The smallest absolute Gasteiger partial charge is 0.264 e. The molecule has 0 aliphatic carbocycles. The first-order valence-electron chi connectivity index (χ1n) is 9.93. The van der Waals surface area contributed by atoms with Gasteiger partial charge in [-0.2, -0.15) is 0 Å². The van der Waals surface area contributed by atoms with Crippen molar-refractivity contribution in [3.63, 3.8) is 0 Å². The molecule has 32 heavy (non-hydrogen) atoms. The van der Waals surface area contributed by atoms with Gasteiger partial charge in [0.1, 0.15) is 5.75 Å². The van der Waals surface area contributed by atoms with Crippen molar-refractivity contribution in [2.75, 3.05) is 22.8 Å². The third-order valence-corrected chi connectivity index (χ3v) is 7.37. The predicted octanol–water partition coefficient (Wildman–Crippen LogP) is 5.15. The van der Waals surface area contributed by atoms with E-state index in [0.29, 0.717) is 22.9 Å². The van der Waals surface area contributed by atoms with Gasteiger partial charge in [-0.15, -0.1) is 0 Å². The number of hydrogen-bond donors (Lipinski definition) is 1. The summed E-state index contributed by atoms with van der Waals surface area (Å²) in [4.78, 5) is 12.2. The first-order chi connectivity index (χ1) is 15.3. The highest BCUT2D eigenvalue weighted by molar-refractivity contribution is 7.92. The highest BCUT2D eigenvalue weighted by Crippen LogP contribution is 2.34. The number of carbonyl (C=O) groups is 1. The normalized spacial score (nSPS) is 13.4. The molecule has 1 amide bonds. The van der Waals surface area contributed by atoms with Gasteiger partial charge >= 0.3 is 0 Å². The molecule has 3 aromatic carbocycles. The summed E-state index contributed by atoms with van der Waals surface area (Å²) in [7, 11) is -3.79. The van der Waals surface area contributed by atoms with Crippen LogP contribution in [-0.4, -0.2) is 27.5 Å². The lowest BCUT2D eigenvalue weighted by atomic mass is 10.0. The van der Waals surface area contributed by atoms with Gasteiger partial charge in [-0.3, -0.25) is 9.10 Å². The van der Waals surface area contributed by atoms with Gasteiger partial charge in [-0.1, -0.05) is 47.5 Å². The van der Waals surface area contributed by atoms with Crippen LogP contribution in [0.2, 0.25) is 10.0 Å². The molecule has 9 heteroatoms. The Hall–Kier alpha value is -2.74. The van der Waals surface area contributed by atoms with Crippen molar-refractivity contribution in [2.45, 2.75) is 17.7 Å². The van der Waals surface area contributed by atoms with E-state index in [1.165, 1.54) is 22.5 Å². The van der Waals surface area contributed by atoms with Crippen LogP contribution in [0.25, 0.3) is 0 Å². The van der Waals surface area contributed by atoms with Crippen LogP contribution in [0, 0.1) is 0 Å². The number of rotatable bonds is 6. The topological polar surface area (TPSA) is 75.7 Å². The Morgan fingerprint density at radius 2 is 1.84 bits per heavy atom. The predicted molar refractivity (Wildman–Crippen MR) is 126 cm³/mol. The maximum Gasteiger partial charge on any atom is 0.264 e. The lowest BCUT2D eigenvalue weighted by Crippen LogP contribution is -2.35. The van der Waals surface area contributed by atoms with Crippen LogP contribution in [0.15, 0.2) is 71.6 Å². The third kappa shape index (κ3) is 4.85. The number of benzene rings is 3. The van der Waals surface area contributed by atoms with E-state index in [4.69, 9.17) is 27.9 Å². The van der Waals surface area contributed by atoms with Gasteiger partial charge in [-0.25, -0.2) is 8.42 Å². The molecule has 0 saturated heterocycles.